The number of aryl methyl sites for hydroxylation is 1. The van der Waals surface area contributed by atoms with Crippen LogP contribution in [0.3, 0.4) is 0 Å². The number of rotatable bonds is 3. The van der Waals surface area contributed by atoms with Gasteiger partial charge < -0.3 is 14.5 Å². The lowest BCUT2D eigenvalue weighted by molar-refractivity contribution is -0.141. The molecule has 28 heavy (non-hydrogen) atoms. The first kappa shape index (κ1) is 19.6. The summed E-state index contributed by atoms with van der Waals surface area (Å²) < 4.78 is 5.40. The molecule has 154 valence electrons. The van der Waals surface area contributed by atoms with Gasteiger partial charge in [-0.05, 0) is 46.1 Å². The number of morpholine rings is 1. The molecule has 0 spiro atoms. The number of amides is 1. The van der Waals surface area contributed by atoms with E-state index in [2.05, 4.69) is 26.7 Å². The summed E-state index contributed by atoms with van der Waals surface area (Å²) in [4.78, 5) is 28.7. The second-order valence-electron chi connectivity index (χ2n) is 8.40. The van der Waals surface area contributed by atoms with Gasteiger partial charge in [-0.15, -0.1) is 0 Å². The molecule has 7 nitrogen and oxygen atoms in total. The highest BCUT2D eigenvalue weighted by molar-refractivity contribution is 5.79. The maximum absolute atomic E-state index is 12.9. The van der Waals surface area contributed by atoms with Gasteiger partial charge >= 0.3 is 0 Å². The molecule has 3 aliphatic heterocycles. The molecule has 1 aromatic rings. The van der Waals surface area contributed by atoms with E-state index in [4.69, 9.17) is 4.74 Å². The van der Waals surface area contributed by atoms with Crippen molar-refractivity contribution < 1.29 is 9.53 Å². The number of hydrogen-bond donors (Lipinski definition) is 0. The van der Waals surface area contributed by atoms with E-state index >= 15 is 0 Å². The molecule has 3 fully saturated rings. The van der Waals surface area contributed by atoms with Crippen LogP contribution in [0.25, 0.3) is 0 Å². The first-order chi connectivity index (χ1) is 13.6. The zero-order valence-electron chi connectivity index (χ0n) is 17.3. The van der Waals surface area contributed by atoms with Gasteiger partial charge in [0, 0.05) is 50.0 Å². The smallest absolute Gasteiger partial charge is 0.227 e. The van der Waals surface area contributed by atoms with E-state index in [1.807, 2.05) is 11.8 Å². The third kappa shape index (κ3) is 4.15. The lowest BCUT2D eigenvalue weighted by atomic mass is 9.92. The Bertz CT molecular complexity index is 683. The Balaban J connectivity index is 1.33. The number of carbonyl (C=O) groups excluding carboxylic acids is 1. The van der Waals surface area contributed by atoms with Crippen molar-refractivity contribution in [2.45, 2.75) is 45.6 Å². The quantitative estimate of drug-likeness (QED) is 0.786. The van der Waals surface area contributed by atoms with Crippen LogP contribution >= 0.6 is 0 Å². The van der Waals surface area contributed by atoms with Crippen molar-refractivity contribution in [1.29, 1.82) is 0 Å². The zero-order valence-corrected chi connectivity index (χ0v) is 17.3. The molecule has 3 aliphatic rings. The number of likely N-dealkylation sites (tertiary alicyclic amines) is 1. The van der Waals surface area contributed by atoms with Gasteiger partial charge in [-0.25, -0.2) is 9.97 Å². The summed E-state index contributed by atoms with van der Waals surface area (Å²) >= 11 is 0. The maximum Gasteiger partial charge on any atom is 0.227 e. The highest BCUT2D eigenvalue weighted by Gasteiger charge is 2.34. The number of hydrogen-bond acceptors (Lipinski definition) is 6. The molecule has 0 radical (unpaired) electrons. The van der Waals surface area contributed by atoms with Crippen LogP contribution in [0.1, 0.15) is 36.9 Å². The largest absolute Gasteiger partial charge is 0.378 e. The van der Waals surface area contributed by atoms with Crippen molar-refractivity contribution in [3.8, 4) is 0 Å². The van der Waals surface area contributed by atoms with E-state index in [9.17, 15) is 4.79 Å². The SMILES string of the molecule is Cc1ncnc(N2CCC(N3CCC[C@H](C(=O)N4CCOCC4)C3)CC2)c1C. The predicted molar refractivity (Wildman–Crippen MR) is 108 cm³/mol. The van der Waals surface area contributed by atoms with Crippen molar-refractivity contribution in [3.63, 3.8) is 0 Å². The first-order valence-electron chi connectivity index (χ1n) is 10.8. The second-order valence-corrected chi connectivity index (χ2v) is 8.40. The van der Waals surface area contributed by atoms with Gasteiger partial charge in [-0.2, -0.15) is 0 Å². The Kier molecular flexibility index (Phi) is 6.11. The van der Waals surface area contributed by atoms with Gasteiger partial charge in [0.25, 0.3) is 0 Å². The van der Waals surface area contributed by atoms with E-state index < -0.39 is 0 Å². The maximum atomic E-state index is 12.9. The van der Waals surface area contributed by atoms with Crippen LogP contribution in [0.15, 0.2) is 6.33 Å². The molecule has 4 rings (SSSR count). The van der Waals surface area contributed by atoms with Crippen molar-refractivity contribution >= 4 is 11.7 Å². The molecule has 0 aliphatic carbocycles. The van der Waals surface area contributed by atoms with E-state index in [0.717, 1.165) is 76.5 Å². The van der Waals surface area contributed by atoms with Gasteiger partial charge in [0.2, 0.25) is 5.91 Å². The summed E-state index contributed by atoms with van der Waals surface area (Å²) in [6.07, 6.45) is 6.12. The molecular formula is C21H33N5O2. The first-order valence-corrected chi connectivity index (χ1v) is 10.8. The van der Waals surface area contributed by atoms with Crippen molar-refractivity contribution in [1.82, 2.24) is 19.8 Å². The molecule has 1 amide bonds. The van der Waals surface area contributed by atoms with Crippen LogP contribution in [-0.2, 0) is 9.53 Å². The molecule has 3 saturated heterocycles. The van der Waals surface area contributed by atoms with Crippen LogP contribution in [0.5, 0.6) is 0 Å². The summed E-state index contributed by atoms with van der Waals surface area (Å²) in [7, 11) is 0. The van der Waals surface area contributed by atoms with Crippen molar-refractivity contribution in [2.75, 3.05) is 57.4 Å². The van der Waals surface area contributed by atoms with Gasteiger partial charge in [-0.3, -0.25) is 9.69 Å². The third-order valence-electron chi connectivity index (χ3n) is 6.71. The predicted octanol–water partition coefficient (Wildman–Crippen LogP) is 1.63. The highest BCUT2D eigenvalue weighted by Crippen LogP contribution is 2.28. The Hall–Kier alpha value is -1.73. The molecule has 7 heteroatoms. The minimum atomic E-state index is 0.164. The normalized spacial score (nSPS) is 25.1. The molecule has 0 saturated carbocycles. The summed E-state index contributed by atoms with van der Waals surface area (Å²) in [6, 6.07) is 0.583. The average Bonchev–Trinajstić information content (AvgIpc) is 2.76. The number of carbonyl (C=O) groups is 1. The van der Waals surface area contributed by atoms with Crippen LogP contribution in [0.4, 0.5) is 5.82 Å². The van der Waals surface area contributed by atoms with Gasteiger partial charge in [-0.1, -0.05) is 0 Å². The van der Waals surface area contributed by atoms with Crippen LogP contribution in [-0.4, -0.2) is 84.2 Å². The summed E-state index contributed by atoms with van der Waals surface area (Å²) in [5.41, 5.74) is 2.25. The molecule has 4 heterocycles. The van der Waals surface area contributed by atoms with Gasteiger partial charge in [0.15, 0.2) is 0 Å². The zero-order chi connectivity index (χ0) is 19.5. The molecule has 0 unspecified atom stereocenters. The second kappa shape index (κ2) is 8.74. The Morgan fingerprint density at radius 3 is 2.54 bits per heavy atom. The Labute approximate surface area is 168 Å². The molecule has 0 bridgehead atoms. The summed E-state index contributed by atoms with van der Waals surface area (Å²) in [5, 5.41) is 0. The molecule has 1 atom stereocenters. The summed E-state index contributed by atoms with van der Waals surface area (Å²) in [6.45, 7) is 11.1. The standard InChI is InChI=1S/C21H33N5O2/c1-16-17(2)22-15-23-20(16)24-8-5-19(6-9-24)26-7-3-4-18(14-26)21(27)25-10-12-28-13-11-25/h15,18-19H,3-14H2,1-2H3/t18-/m0/s1. The number of nitrogens with zero attached hydrogens (tertiary/aromatic N) is 5. The van der Waals surface area contributed by atoms with E-state index in [1.54, 1.807) is 6.33 Å². The molecule has 1 aromatic heterocycles. The van der Waals surface area contributed by atoms with Crippen LogP contribution in [0.2, 0.25) is 0 Å². The Morgan fingerprint density at radius 1 is 1.04 bits per heavy atom. The van der Waals surface area contributed by atoms with Crippen LogP contribution in [0, 0.1) is 19.8 Å². The third-order valence-corrected chi connectivity index (χ3v) is 6.71. The van der Waals surface area contributed by atoms with Crippen LogP contribution < -0.4 is 4.90 Å². The fraction of sp³-hybridized carbons (Fsp3) is 0.762. The average molecular weight is 388 g/mol. The molecular weight excluding hydrogens is 354 g/mol. The fourth-order valence-corrected chi connectivity index (χ4v) is 4.87. The van der Waals surface area contributed by atoms with E-state index in [0.29, 0.717) is 25.2 Å². The molecule has 0 N–H and O–H groups in total. The van der Waals surface area contributed by atoms with Crippen molar-refractivity contribution in [3.05, 3.63) is 17.6 Å². The number of aromatic nitrogens is 2. The topological polar surface area (TPSA) is 61.8 Å². The lowest BCUT2D eigenvalue weighted by Gasteiger charge is -2.43. The van der Waals surface area contributed by atoms with E-state index in [1.165, 1.54) is 5.56 Å². The monoisotopic (exact) mass is 387 g/mol. The summed E-state index contributed by atoms with van der Waals surface area (Å²) in [5.74, 6) is 1.60. The lowest BCUT2D eigenvalue weighted by Crippen LogP contribution is -2.52. The highest BCUT2D eigenvalue weighted by atomic mass is 16.5. The number of anilines is 1. The van der Waals surface area contributed by atoms with Gasteiger partial charge in [0.05, 0.1) is 19.1 Å². The minimum absolute atomic E-state index is 0.164. The van der Waals surface area contributed by atoms with Crippen molar-refractivity contribution in [2.24, 2.45) is 5.92 Å². The Morgan fingerprint density at radius 2 is 1.79 bits per heavy atom. The minimum Gasteiger partial charge on any atom is -0.378 e. The van der Waals surface area contributed by atoms with Gasteiger partial charge in [0.1, 0.15) is 12.1 Å². The van der Waals surface area contributed by atoms with E-state index in [-0.39, 0.29) is 5.92 Å². The number of piperidine rings is 2. The number of ether oxygens (including phenoxy) is 1. The molecule has 0 aromatic carbocycles. The fourth-order valence-electron chi connectivity index (χ4n) is 4.87.